The molecule has 4 heteroatoms. The van der Waals surface area contributed by atoms with Crippen LogP contribution in [-0.2, 0) is 4.79 Å². The normalized spacial score (nSPS) is 21.5. The number of rotatable bonds is 5. The lowest BCUT2D eigenvalue weighted by Crippen LogP contribution is -2.39. The van der Waals surface area contributed by atoms with Crippen molar-refractivity contribution in [1.82, 2.24) is 4.90 Å². The van der Waals surface area contributed by atoms with E-state index in [1.807, 2.05) is 0 Å². The molecule has 4 nitrogen and oxygen atoms in total. The van der Waals surface area contributed by atoms with Crippen LogP contribution in [0.25, 0.3) is 0 Å². The number of nitrogens with two attached hydrogens (primary N) is 1. The average molecular weight is 214 g/mol. The number of nitrogens with zero attached hydrogens (tertiary/aromatic N) is 1. The van der Waals surface area contributed by atoms with Crippen LogP contribution in [0, 0.1) is 5.41 Å². The molecule has 0 spiro atoms. The van der Waals surface area contributed by atoms with E-state index in [2.05, 4.69) is 11.9 Å². The summed E-state index contributed by atoms with van der Waals surface area (Å²) in [6.45, 7) is 2.81. The maximum atomic E-state index is 10.6. The minimum atomic E-state index is -0.690. The Labute approximate surface area is 91.4 Å². The van der Waals surface area contributed by atoms with Gasteiger partial charge in [-0.2, -0.15) is 0 Å². The zero-order chi connectivity index (χ0) is 11.3. The van der Waals surface area contributed by atoms with Gasteiger partial charge < -0.3 is 15.7 Å². The Kier molecular flexibility index (Phi) is 4.54. The largest absolute Gasteiger partial charge is 0.481 e. The number of piperidine rings is 1. The van der Waals surface area contributed by atoms with Crippen molar-refractivity contribution in [3.05, 3.63) is 0 Å². The van der Waals surface area contributed by atoms with Gasteiger partial charge in [0.15, 0.2) is 0 Å². The molecule has 0 atom stereocenters. The number of aliphatic carboxylic acids is 1. The fourth-order valence-corrected chi connectivity index (χ4v) is 2.40. The monoisotopic (exact) mass is 214 g/mol. The fourth-order valence-electron chi connectivity index (χ4n) is 2.40. The van der Waals surface area contributed by atoms with E-state index in [-0.39, 0.29) is 11.8 Å². The summed E-state index contributed by atoms with van der Waals surface area (Å²) in [6.07, 6.45) is 4.22. The van der Waals surface area contributed by atoms with Crippen LogP contribution in [0.4, 0.5) is 0 Å². The molecule has 0 aliphatic carbocycles. The predicted octanol–water partition coefficient (Wildman–Crippen LogP) is 0.912. The third-order valence-corrected chi connectivity index (χ3v) is 3.59. The second-order valence-electron chi connectivity index (χ2n) is 4.74. The first-order chi connectivity index (χ1) is 7.08. The predicted molar refractivity (Wildman–Crippen MR) is 59.7 cm³/mol. The van der Waals surface area contributed by atoms with Crippen molar-refractivity contribution in [3.63, 3.8) is 0 Å². The molecular weight excluding hydrogens is 192 g/mol. The highest BCUT2D eigenvalue weighted by Crippen LogP contribution is 2.38. The maximum absolute atomic E-state index is 10.6. The zero-order valence-corrected chi connectivity index (χ0v) is 9.54. The minimum absolute atomic E-state index is 0.194. The van der Waals surface area contributed by atoms with Crippen molar-refractivity contribution in [2.45, 2.75) is 32.1 Å². The molecule has 1 aliphatic heterocycles. The molecule has 1 fully saturated rings. The van der Waals surface area contributed by atoms with Crippen LogP contribution in [0.5, 0.6) is 0 Å². The molecule has 0 aromatic rings. The molecule has 0 bridgehead atoms. The second kappa shape index (κ2) is 5.47. The lowest BCUT2D eigenvalue weighted by molar-refractivity contribution is -0.138. The first-order valence-electron chi connectivity index (χ1n) is 5.68. The fraction of sp³-hybridized carbons (Fsp3) is 0.909. The maximum Gasteiger partial charge on any atom is 0.303 e. The lowest BCUT2D eigenvalue weighted by atomic mass is 9.72. The quantitative estimate of drug-likeness (QED) is 0.714. The van der Waals surface area contributed by atoms with Gasteiger partial charge in [-0.1, -0.05) is 0 Å². The van der Waals surface area contributed by atoms with Crippen molar-refractivity contribution in [3.8, 4) is 0 Å². The van der Waals surface area contributed by atoms with Crippen LogP contribution in [0.1, 0.15) is 32.1 Å². The molecule has 0 aromatic heterocycles. The Morgan fingerprint density at radius 1 is 1.40 bits per heavy atom. The van der Waals surface area contributed by atoms with Gasteiger partial charge in [0.1, 0.15) is 0 Å². The van der Waals surface area contributed by atoms with Crippen LogP contribution >= 0.6 is 0 Å². The third-order valence-electron chi connectivity index (χ3n) is 3.59. The number of carbonyl (C=O) groups is 1. The van der Waals surface area contributed by atoms with Crippen LogP contribution in [0.2, 0.25) is 0 Å². The van der Waals surface area contributed by atoms with Gasteiger partial charge in [0, 0.05) is 6.42 Å². The Morgan fingerprint density at radius 3 is 2.47 bits per heavy atom. The van der Waals surface area contributed by atoms with Gasteiger partial charge in [0.25, 0.3) is 0 Å². The van der Waals surface area contributed by atoms with Gasteiger partial charge in [-0.15, -0.1) is 0 Å². The Morgan fingerprint density at radius 2 is 2.00 bits per heavy atom. The Hall–Kier alpha value is -0.610. The highest BCUT2D eigenvalue weighted by Gasteiger charge is 2.32. The van der Waals surface area contributed by atoms with E-state index in [1.54, 1.807) is 0 Å². The van der Waals surface area contributed by atoms with Gasteiger partial charge in [-0.3, -0.25) is 4.79 Å². The molecule has 88 valence electrons. The molecule has 1 rings (SSSR count). The summed E-state index contributed by atoms with van der Waals surface area (Å²) < 4.78 is 0. The summed E-state index contributed by atoms with van der Waals surface area (Å²) in [5, 5.41) is 8.74. The van der Waals surface area contributed by atoms with E-state index < -0.39 is 5.97 Å². The van der Waals surface area contributed by atoms with Crippen LogP contribution in [-0.4, -0.2) is 42.7 Å². The van der Waals surface area contributed by atoms with E-state index in [9.17, 15) is 4.79 Å². The first kappa shape index (κ1) is 12.5. The molecule has 1 saturated heterocycles. The van der Waals surface area contributed by atoms with Crippen molar-refractivity contribution in [2.24, 2.45) is 11.1 Å². The van der Waals surface area contributed by atoms with Gasteiger partial charge >= 0.3 is 5.97 Å². The van der Waals surface area contributed by atoms with E-state index >= 15 is 0 Å². The van der Waals surface area contributed by atoms with Gasteiger partial charge in [-0.05, 0) is 57.8 Å². The molecule has 0 aromatic carbocycles. The number of likely N-dealkylation sites (tertiary alicyclic amines) is 1. The average Bonchev–Trinajstić information content (AvgIpc) is 2.20. The number of carboxylic acids is 1. The molecular formula is C11H22N2O2. The Bertz CT molecular complexity index is 211. The van der Waals surface area contributed by atoms with Crippen LogP contribution < -0.4 is 5.73 Å². The van der Waals surface area contributed by atoms with Crippen LogP contribution in [0.15, 0.2) is 0 Å². The molecule has 0 amide bonds. The SMILES string of the molecule is CN1CCC(CCN)(CCC(=O)O)CC1. The van der Waals surface area contributed by atoms with E-state index in [0.717, 1.165) is 38.8 Å². The van der Waals surface area contributed by atoms with E-state index in [1.165, 1.54) is 0 Å². The molecule has 0 radical (unpaired) electrons. The van der Waals surface area contributed by atoms with Crippen molar-refractivity contribution in [2.75, 3.05) is 26.7 Å². The van der Waals surface area contributed by atoms with E-state index in [4.69, 9.17) is 10.8 Å². The molecule has 0 saturated carbocycles. The zero-order valence-electron chi connectivity index (χ0n) is 9.54. The Balaban J connectivity index is 2.50. The van der Waals surface area contributed by atoms with Crippen molar-refractivity contribution < 1.29 is 9.90 Å². The van der Waals surface area contributed by atoms with E-state index in [0.29, 0.717) is 6.54 Å². The summed E-state index contributed by atoms with van der Waals surface area (Å²) in [6, 6.07) is 0. The topological polar surface area (TPSA) is 66.6 Å². The number of hydrogen-bond acceptors (Lipinski definition) is 3. The molecule has 0 unspecified atom stereocenters. The lowest BCUT2D eigenvalue weighted by Gasteiger charge is -2.40. The molecule has 1 heterocycles. The summed E-state index contributed by atoms with van der Waals surface area (Å²) in [5.41, 5.74) is 5.82. The molecule has 15 heavy (non-hydrogen) atoms. The summed E-state index contributed by atoms with van der Waals surface area (Å²) in [4.78, 5) is 12.9. The summed E-state index contributed by atoms with van der Waals surface area (Å²) >= 11 is 0. The van der Waals surface area contributed by atoms with Gasteiger partial charge in [-0.25, -0.2) is 0 Å². The van der Waals surface area contributed by atoms with Crippen molar-refractivity contribution >= 4 is 5.97 Å². The third kappa shape index (κ3) is 3.80. The summed E-state index contributed by atoms with van der Waals surface area (Å²) in [7, 11) is 2.11. The minimum Gasteiger partial charge on any atom is -0.481 e. The standard InChI is InChI=1S/C11H22N2O2/c1-13-8-5-11(4-7-12,6-9-13)3-2-10(14)15/h2-9,12H2,1H3,(H,14,15). The highest BCUT2D eigenvalue weighted by atomic mass is 16.4. The molecule has 1 aliphatic rings. The van der Waals surface area contributed by atoms with Crippen LogP contribution in [0.3, 0.4) is 0 Å². The number of carboxylic acid groups (broad SMARTS) is 1. The van der Waals surface area contributed by atoms with Crippen molar-refractivity contribution in [1.29, 1.82) is 0 Å². The highest BCUT2D eigenvalue weighted by molar-refractivity contribution is 5.66. The second-order valence-corrected chi connectivity index (χ2v) is 4.74. The smallest absolute Gasteiger partial charge is 0.303 e. The summed E-state index contributed by atoms with van der Waals surface area (Å²) in [5.74, 6) is -0.690. The first-order valence-corrected chi connectivity index (χ1v) is 5.68. The number of hydrogen-bond donors (Lipinski definition) is 2. The van der Waals surface area contributed by atoms with Gasteiger partial charge in [0.2, 0.25) is 0 Å². The van der Waals surface area contributed by atoms with Gasteiger partial charge in [0.05, 0.1) is 0 Å². The molecule has 3 N–H and O–H groups in total.